The average Bonchev–Trinajstić information content (AvgIpc) is 3.05. The molecule has 1 N–H and O–H groups in total. The number of carbonyl (C=O) groups is 2. The third kappa shape index (κ3) is 6.25. The summed E-state index contributed by atoms with van der Waals surface area (Å²) in [5, 5.41) is 2.75. The number of aliphatic imine (C=N–C) groups is 1. The summed E-state index contributed by atoms with van der Waals surface area (Å²) in [4.78, 5) is 30.9. The Morgan fingerprint density at radius 2 is 1.93 bits per heavy atom. The Bertz CT molecular complexity index is 688. The highest BCUT2D eigenvalue weighted by Crippen LogP contribution is 2.27. The summed E-state index contributed by atoms with van der Waals surface area (Å²) in [5.41, 5.74) is 0.315. The second-order valence-electron chi connectivity index (χ2n) is 7.18. The van der Waals surface area contributed by atoms with Crippen LogP contribution in [0.2, 0.25) is 0 Å². The molecule has 1 saturated heterocycles. The molecule has 7 nitrogen and oxygen atoms in total. The molecular weight excluding hydrogens is 366 g/mol. The third-order valence-corrected chi connectivity index (χ3v) is 4.56. The van der Waals surface area contributed by atoms with Crippen molar-refractivity contribution < 1.29 is 19.1 Å². The van der Waals surface area contributed by atoms with Gasteiger partial charge in [-0.3, -0.25) is 10.1 Å². The molecule has 2 atom stereocenters. The van der Waals surface area contributed by atoms with Crippen molar-refractivity contribution in [2.75, 3.05) is 24.8 Å². The minimum absolute atomic E-state index is 0.0501. The first-order valence-corrected chi connectivity index (χ1v) is 9.97. The number of amidine groups is 1. The molecule has 148 valence electrons. The molecule has 0 aliphatic carbocycles. The van der Waals surface area contributed by atoms with E-state index in [1.54, 1.807) is 34.1 Å². The number of hydrogen-bond acceptors (Lipinski definition) is 6. The van der Waals surface area contributed by atoms with E-state index in [-0.39, 0.29) is 17.2 Å². The Morgan fingerprint density at radius 3 is 2.48 bits per heavy atom. The van der Waals surface area contributed by atoms with Crippen LogP contribution in [0.4, 0.5) is 10.5 Å². The number of alkyl carbamates (subject to hydrolysis) is 1. The van der Waals surface area contributed by atoms with Crippen molar-refractivity contribution in [1.82, 2.24) is 5.32 Å². The second kappa shape index (κ2) is 9.23. The molecule has 0 bridgehead atoms. The molecule has 1 heterocycles. The molecule has 1 fully saturated rings. The maximum atomic E-state index is 12.8. The van der Waals surface area contributed by atoms with Crippen molar-refractivity contribution in [2.45, 2.75) is 44.9 Å². The molecule has 8 heteroatoms. The van der Waals surface area contributed by atoms with E-state index >= 15 is 0 Å². The minimum atomic E-state index is -0.635. The van der Waals surface area contributed by atoms with E-state index in [9.17, 15) is 9.59 Å². The van der Waals surface area contributed by atoms with E-state index in [4.69, 9.17) is 9.47 Å². The zero-order valence-corrected chi connectivity index (χ0v) is 17.2. The van der Waals surface area contributed by atoms with Crippen molar-refractivity contribution in [1.29, 1.82) is 0 Å². The van der Waals surface area contributed by atoms with E-state index in [0.29, 0.717) is 13.0 Å². The zero-order valence-electron chi connectivity index (χ0n) is 16.4. The molecular formula is C19H27N3O4S. The van der Waals surface area contributed by atoms with Gasteiger partial charge in [0.2, 0.25) is 0 Å². The minimum Gasteiger partial charge on any atom is -0.444 e. The standard InChI is InChI=1S/C19H27N3O4S/c1-19(2,3)26-18(24)21-17(27-5)20-16(23)15-11-14(25-4)12-22(15)13-9-7-6-8-10-13/h6-10,14-15H,11-12H2,1-5H3,(H,20,21,23,24)/t14-,15+/m1/s1. The molecule has 1 aliphatic heterocycles. The van der Waals surface area contributed by atoms with Crippen LogP contribution < -0.4 is 10.2 Å². The first kappa shape index (κ1) is 21.2. The van der Waals surface area contributed by atoms with Gasteiger partial charge in [-0.05, 0) is 39.2 Å². The fraction of sp³-hybridized carbons (Fsp3) is 0.526. The van der Waals surface area contributed by atoms with Crippen molar-refractivity contribution >= 4 is 34.6 Å². The Hall–Kier alpha value is -2.06. The highest BCUT2D eigenvalue weighted by atomic mass is 32.2. The lowest BCUT2D eigenvalue weighted by atomic mass is 10.2. The summed E-state index contributed by atoms with van der Waals surface area (Å²) in [5.74, 6) is -0.321. The quantitative estimate of drug-likeness (QED) is 0.628. The maximum Gasteiger partial charge on any atom is 0.413 e. The molecule has 1 aromatic carbocycles. The van der Waals surface area contributed by atoms with Crippen LogP contribution in [0.3, 0.4) is 0 Å². The van der Waals surface area contributed by atoms with Gasteiger partial charge in [0.25, 0.3) is 5.91 Å². The van der Waals surface area contributed by atoms with Crippen LogP contribution in [0, 0.1) is 0 Å². The lowest BCUT2D eigenvalue weighted by Crippen LogP contribution is -2.38. The van der Waals surface area contributed by atoms with Crippen molar-refractivity contribution in [3.05, 3.63) is 30.3 Å². The summed E-state index contributed by atoms with van der Waals surface area (Å²) in [6.45, 7) is 5.93. The number of hydrogen-bond donors (Lipinski definition) is 1. The van der Waals surface area contributed by atoms with E-state index in [2.05, 4.69) is 10.3 Å². The van der Waals surface area contributed by atoms with Gasteiger partial charge in [0.15, 0.2) is 5.17 Å². The number of rotatable bonds is 3. The van der Waals surface area contributed by atoms with Gasteiger partial charge >= 0.3 is 6.09 Å². The van der Waals surface area contributed by atoms with Crippen molar-refractivity contribution in [3.8, 4) is 0 Å². The van der Waals surface area contributed by atoms with Crippen LogP contribution in [0.5, 0.6) is 0 Å². The van der Waals surface area contributed by atoms with Crippen molar-refractivity contribution in [2.24, 2.45) is 4.99 Å². The van der Waals surface area contributed by atoms with Gasteiger partial charge in [0.1, 0.15) is 11.6 Å². The molecule has 0 spiro atoms. The largest absolute Gasteiger partial charge is 0.444 e. The molecule has 1 aliphatic rings. The van der Waals surface area contributed by atoms with Gasteiger partial charge in [0, 0.05) is 25.8 Å². The number of nitrogens with one attached hydrogen (secondary N) is 1. The van der Waals surface area contributed by atoms with Gasteiger partial charge in [-0.15, -0.1) is 0 Å². The second-order valence-corrected chi connectivity index (χ2v) is 7.98. The highest BCUT2D eigenvalue weighted by molar-refractivity contribution is 8.13. The van der Waals surface area contributed by atoms with Crippen LogP contribution >= 0.6 is 11.8 Å². The van der Waals surface area contributed by atoms with Gasteiger partial charge in [0.05, 0.1) is 6.10 Å². The van der Waals surface area contributed by atoms with Crippen LogP contribution in [0.25, 0.3) is 0 Å². The van der Waals surface area contributed by atoms with Crippen LogP contribution in [-0.2, 0) is 14.3 Å². The smallest absolute Gasteiger partial charge is 0.413 e. The number of amides is 2. The van der Waals surface area contributed by atoms with E-state index in [1.165, 1.54) is 11.8 Å². The summed E-state index contributed by atoms with van der Waals surface area (Å²) in [6.07, 6.45) is 1.60. The predicted octanol–water partition coefficient (Wildman–Crippen LogP) is 3.05. The highest BCUT2D eigenvalue weighted by Gasteiger charge is 2.37. The molecule has 2 rings (SSSR count). The molecule has 2 amide bonds. The summed E-state index contributed by atoms with van der Waals surface area (Å²) >= 11 is 1.18. The molecule has 1 aromatic rings. The van der Waals surface area contributed by atoms with Crippen LogP contribution in [0.15, 0.2) is 35.3 Å². The topological polar surface area (TPSA) is 80.2 Å². The molecule has 27 heavy (non-hydrogen) atoms. The fourth-order valence-electron chi connectivity index (χ4n) is 2.80. The maximum absolute atomic E-state index is 12.8. The number of thioether (sulfide) groups is 1. The molecule has 0 aromatic heterocycles. The Morgan fingerprint density at radius 1 is 1.26 bits per heavy atom. The third-order valence-electron chi connectivity index (χ3n) is 3.98. The van der Waals surface area contributed by atoms with E-state index < -0.39 is 17.7 Å². The number of anilines is 1. The summed E-state index contributed by atoms with van der Waals surface area (Å²) in [6, 6.07) is 9.25. The number of methoxy groups -OCH3 is 1. The molecule has 0 unspecified atom stereocenters. The Kier molecular flexibility index (Phi) is 7.26. The monoisotopic (exact) mass is 393 g/mol. The number of benzene rings is 1. The average molecular weight is 394 g/mol. The lowest BCUT2D eigenvalue weighted by Gasteiger charge is -2.24. The first-order valence-electron chi connectivity index (χ1n) is 8.74. The Labute approximate surface area is 164 Å². The SMILES string of the molecule is CO[C@@H]1C[C@@H](C(=O)/N=C(/NC(=O)OC(C)(C)C)SC)N(c2ccccc2)C1. The Balaban J connectivity index is 2.14. The van der Waals surface area contributed by atoms with Crippen molar-refractivity contribution in [3.63, 3.8) is 0 Å². The first-order chi connectivity index (χ1) is 12.7. The van der Waals surface area contributed by atoms with Gasteiger partial charge in [-0.25, -0.2) is 4.79 Å². The normalized spacial score (nSPS) is 20.5. The van der Waals surface area contributed by atoms with Crippen LogP contribution in [-0.4, -0.2) is 54.8 Å². The molecule has 0 saturated carbocycles. The summed E-state index contributed by atoms with van der Waals surface area (Å²) in [7, 11) is 1.64. The van der Waals surface area contributed by atoms with E-state index in [1.807, 2.05) is 35.2 Å². The summed E-state index contributed by atoms with van der Waals surface area (Å²) < 4.78 is 10.7. The predicted molar refractivity (Wildman–Crippen MR) is 108 cm³/mol. The number of carbonyl (C=O) groups excluding carboxylic acids is 2. The number of nitrogens with zero attached hydrogens (tertiary/aromatic N) is 2. The van der Waals surface area contributed by atoms with Gasteiger partial charge < -0.3 is 14.4 Å². The van der Waals surface area contributed by atoms with E-state index in [0.717, 1.165) is 5.69 Å². The number of para-hydroxylation sites is 1. The van der Waals surface area contributed by atoms with Gasteiger partial charge in [-0.1, -0.05) is 30.0 Å². The fourth-order valence-corrected chi connectivity index (χ4v) is 3.16. The lowest BCUT2D eigenvalue weighted by molar-refractivity contribution is -0.119. The van der Waals surface area contributed by atoms with Crippen LogP contribution in [0.1, 0.15) is 27.2 Å². The zero-order chi connectivity index (χ0) is 20.0. The number of ether oxygens (including phenoxy) is 2. The van der Waals surface area contributed by atoms with Gasteiger partial charge in [-0.2, -0.15) is 4.99 Å². The molecule has 0 radical (unpaired) electrons.